The first-order valence-corrected chi connectivity index (χ1v) is 6.95. The molecule has 0 aliphatic heterocycles. The first-order valence-electron chi connectivity index (χ1n) is 6.57. The average Bonchev–Trinajstić information content (AvgIpc) is 2.55. The van der Waals surface area contributed by atoms with Crippen molar-refractivity contribution in [1.82, 2.24) is 0 Å². The number of nitrogens with zero attached hydrogens (tertiary/aromatic N) is 1. The van der Waals surface area contributed by atoms with E-state index in [-0.39, 0.29) is 16.4 Å². The number of rotatable bonds is 5. The van der Waals surface area contributed by atoms with Crippen molar-refractivity contribution in [3.8, 4) is 5.75 Å². The SMILES string of the molecule is COc1ccc([N+](=O)[O-])cc1NC(=O)/C(Cl)=C/c1ccccc1. The fourth-order valence-corrected chi connectivity index (χ4v) is 2.02. The number of methoxy groups -OCH3 is 1. The second-order valence-corrected chi connectivity index (χ2v) is 4.91. The largest absolute Gasteiger partial charge is 0.495 e. The predicted molar refractivity (Wildman–Crippen MR) is 88.6 cm³/mol. The van der Waals surface area contributed by atoms with Crippen molar-refractivity contribution in [3.63, 3.8) is 0 Å². The minimum absolute atomic E-state index is 0.0511. The van der Waals surface area contributed by atoms with E-state index in [0.29, 0.717) is 5.75 Å². The van der Waals surface area contributed by atoms with Crippen molar-refractivity contribution in [3.05, 3.63) is 69.2 Å². The maximum atomic E-state index is 12.1. The molecule has 2 rings (SSSR count). The van der Waals surface area contributed by atoms with Gasteiger partial charge in [-0.15, -0.1) is 0 Å². The molecule has 0 bridgehead atoms. The van der Waals surface area contributed by atoms with E-state index in [1.807, 2.05) is 18.2 Å². The van der Waals surface area contributed by atoms with Crippen LogP contribution in [-0.4, -0.2) is 17.9 Å². The van der Waals surface area contributed by atoms with Gasteiger partial charge in [-0.3, -0.25) is 14.9 Å². The number of ether oxygens (including phenoxy) is 1. The van der Waals surface area contributed by atoms with Crippen LogP contribution in [0.3, 0.4) is 0 Å². The third-order valence-electron chi connectivity index (χ3n) is 2.95. The van der Waals surface area contributed by atoms with Crippen LogP contribution in [0.25, 0.3) is 6.08 Å². The molecule has 2 aromatic rings. The Balaban J connectivity index is 2.24. The van der Waals surface area contributed by atoms with E-state index in [2.05, 4.69) is 5.32 Å². The predicted octanol–water partition coefficient (Wildman–Crippen LogP) is 3.82. The van der Waals surface area contributed by atoms with Gasteiger partial charge in [-0.25, -0.2) is 0 Å². The molecule has 6 nitrogen and oxygen atoms in total. The lowest BCUT2D eigenvalue weighted by molar-refractivity contribution is -0.384. The third kappa shape index (κ3) is 4.31. The number of nitrogens with one attached hydrogen (secondary N) is 1. The van der Waals surface area contributed by atoms with Crippen LogP contribution in [0.5, 0.6) is 5.75 Å². The maximum Gasteiger partial charge on any atom is 0.271 e. The number of anilines is 1. The van der Waals surface area contributed by atoms with Gasteiger partial charge in [-0.05, 0) is 17.7 Å². The Bertz CT molecular complexity index is 760. The molecule has 23 heavy (non-hydrogen) atoms. The van der Waals surface area contributed by atoms with Crippen LogP contribution in [0.15, 0.2) is 53.6 Å². The lowest BCUT2D eigenvalue weighted by atomic mass is 10.2. The van der Waals surface area contributed by atoms with Crippen LogP contribution in [0, 0.1) is 10.1 Å². The standard InChI is InChI=1S/C16H13ClN2O4/c1-23-15-8-7-12(19(21)22)10-14(15)18-16(20)13(17)9-11-5-3-2-4-6-11/h2-10H,1H3,(H,18,20)/b13-9-. The van der Waals surface area contributed by atoms with Crippen molar-refractivity contribution in [1.29, 1.82) is 0 Å². The summed E-state index contributed by atoms with van der Waals surface area (Å²) in [6, 6.07) is 13.0. The molecule has 0 radical (unpaired) electrons. The lowest BCUT2D eigenvalue weighted by Gasteiger charge is -2.09. The van der Waals surface area contributed by atoms with E-state index >= 15 is 0 Å². The summed E-state index contributed by atoms with van der Waals surface area (Å²) in [6.45, 7) is 0. The zero-order valence-corrected chi connectivity index (χ0v) is 12.9. The van der Waals surface area contributed by atoms with Gasteiger partial charge in [0.1, 0.15) is 10.8 Å². The van der Waals surface area contributed by atoms with Crippen molar-refractivity contribution in [2.75, 3.05) is 12.4 Å². The van der Waals surface area contributed by atoms with Gasteiger partial charge in [0.25, 0.3) is 11.6 Å². The first kappa shape index (κ1) is 16.5. The van der Waals surface area contributed by atoms with E-state index in [4.69, 9.17) is 16.3 Å². The first-order chi connectivity index (χ1) is 11.0. The monoisotopic (exact) mass is 332 g/mol. The molecular formula is C16H13ClN2O4. The fraction of sp³-hybridized carbons (Fsp3) is 0.0625. The highest BCUT2D eigenvalue weighted by molar-refractivity contribution is 6.45. The van der Waals surface area contributed by atoms with E-state index in [1.54, 1.807) is 12.1 Å². The summed E-state index contributed by atoms with van der Waals surface area (Å²) in [5.41, 5.74) is 0.772. The Hall–Kier alpha value is -2.86. The van der Waals surface area contributed by atoms with E-state index in [0.717, 1.165) is 5.56 Å². The molecule has 0 fully saturated rings. The Labute approximate surface area is 137 Å². The average molecular weight is 333 g/mol. The molecule has 7 heteroatoms. The molecule has 2 aromatic carbocycles. The third-order valence-corrected chi connectivity index (χ3v) is 3.23. The molecule has 0 unspecified atom stereocenters. The quantitative estimate of drug-likeness (QED) is 0.512. The highest BCUT2D eigenvalue weighted by atomic mass is 35.5. The molecule has 118 valence electrons. The zero-order chi connectivity index (χ0) is 16.8. The van der Waals surface area contributed by atoms with Crippen molar-refractivity contribution in [2.24, 2.45) is 0 Å². The number of halogens is 1. The van der Waals surface area contributed by atoms with E-state index < -0.39 is 10.8 Å². The number of hydrogen-bond acceptors (Lipinski definition) is 4. The summed E-state index contributed by atoms with van der Waals surface area (Å²) in [6.07, 6.45) is 1.50. The molecule has 1 N–H and O–H groups in total. The zero-order valence-electron chi connectivity index (χ0n) is 12.2. The van der Waals surface area contributed by atoms with E-state index in [1.165, 1.54) is 31.4 Å². The molecule has 0 atom stereocenters. The summed E-state index contributed by atoms with van der Waals surface area (Å²) in [5, 5.41) is 13.3. The molecule has 0 aliphatic rings. The number of hydrogen-bond donors (Lipinski definition) is 1. The van der Waals surface area contributed by atoms with Gasteiger partial charge in [0.05, 0.1) is 17.7 Å². The highest BCUT2D eigenvalue weighted by Crippen LogP contribution is 2.29. The van der Waals surface area contributed by atoms with Crippen LogP contribution in [0.1, 0.15) is 5.56 Å². The maximum absolute atomic E-state index is 12.1. The molecule has 0 saturated heterocycles. The van der Waals surface area contributed by atoms with Crippen LogP contribution in [-0.2, 0) is 4.79 Å². The number of non-ortho nitro benzene ring substituents is 1. The minimum Gasteiger partial charge on any atom is -0.495 e. The Kier molecular flexibility index (Phi) is 5.32. The van der Waals surface area contributed by atoms with Crippen LogP contribution in [0.2, 0.25) is 0 Å². The highest BCUT2D eigenvalue weighted by Gasteiger charge is 2.15. The second kappa shape index (κ2) is 7.42. The number of amides is 1. The topological polar surface area (TPSA) is 81.5 Å². The minimum atomic E-state index is -0.589. The lowest BCUT2D eigenvalue weighted by Crippen LogP contribution is -2.12. The molecule has 0 spiro atoms. The van der Waals surface area contributed by atoms with Gasteiger partial charge >= 0.3 is 0 Å². The Morgan fingerprint density at radius 1 is 1.26 bits per heavy atom. The molecule has 1 amide bonds. The van der Waals surface area contributed by atoms with Gasteiger partial charge < -0.3 is 10.1 Å². The summed E-state index contributed by atoms with van der Waals surface area (Å²) in [7, 11) is 1.40. The molecule has 0 aliphatic carbocycles. The fourth-order valence-electron chi connectivity index (χ4n) is 1.85. The summed E-state index contributed by atoms with van der Waals surface area (Å²) < 4.78 is 5.08. The van der Waals surface area contributed by atoms with Gasteiger partial charge in [0.2, 0.25) is 0 Å². The Morgan fingerprint density at radius 3 is 2.57 bits per heavy atom. The summed E-state index contributed by atoms with van der Waals surface area (Å²) >= 11 is 5.99. The Morgan fingerprint density at radius 2 is 1.96 bits per heavy atom. The molecule has 0 heterocycles. The van der Waals surface area contributed by atoms with Crippen molar-refractivity contribution in [2.45, 2.75) is 0 Å². The normalized spacial score (nSPS) is 11.0. The van der Waals surface area contributed by atoms with Gasteiger partial charge in [-0.2, -0.15) is 0 Å². The van der Waals surface area contributed by atoms with E-state index in [9.17, 15) is 14.9 Å². The summed E-state index contributed by atoms with van der Waals surface area (Å²) in [4.78, 5) is 22.4. The molecular weight excluding hydrogens is 320 g/mol. The smallest absolute Gasteiger partial charge is 0.271 e. The van der Waals surface area contributed by atoms with Gasteiger partial charge in [0.15, 0.2) is 0 Å². The number of nitro benzene ring substituents is 1. The van der Waals surface area contributed by atoms with Gasteiger partial charge in [0, 0.05) is 12.1 Å². The number of carbonyl (C=O) groups is 1. The second-order valence-electron chi connectivity index (χ2n) is 4.50. The number of nitro groups is 1. The van der Waals surface area contributed by atoms with Crippen LogP contribution < -0.4 is 10.1 Å². The summed E-state index contributed by atoms with van der Waals surface area (Å²) in [5.74, 6) is -0.289. The molecule has 0 aromatic heterocycles. The van der Waals surface area contributed by atoms with Crippen LogP contribution in [0.4, 0.5) is 11.4 Å². The van der Waals surface area contributed by atoms with Gasteiger partial charge in [-0.1, -0.05) is 41.9 Å². The molecule has 0 saturated carbocycles. The van der Waals surface area contributed by atoms with Crippen molar-refractivity contribution >= 4 is 35.0 Å². The number of carbonyl (C=O) groups excluding carboxylic acids is 1. The van der Waals surface area contributed by atoms with Crippen LogP contribution >= 0.6 is 11.6 Å². The van der Waals surface area contributed by atoms with Crippen molar-refractivity contribution < 1.29 is 14.5 Å². The number of benzene rings is 2.